The Balaban J connectivity index is 0.00000128. The van der Waals surface area contributed by atoms with Gasteiger partial charge in [-0.15, -0.1) is 5.73 Å². The van der Waals surface area contributed by atoms with Crippen molar-refractivity contribution in [1.29, 1.82) is 0 Å². The minimum Gasteiger partial charge on any atom is -0.377 e. The van der Waals surface area contributed by atoms with Gasteiger partial charge in [-0.25, -0.2) is 0 Å². The van der Waals surface area contributed by atoms with Gasteiger partial charge in [0, 0.05) is 18.3 Å². The molecule has 0 saturated heterocycles. The van der Waals surface area contributed by atoms with Crippen molar-refractivity contribution in [2.45, 2.75) is 6.92 Å². The fourth-order valence-corrected chi connectivity index (χ4v) is 1.76. The van der Waals surface area contributed by atoms with E-state index >= 15 is 0 Å². The average molecular weight is 201 g/mol. The van der Waals surface area contributed by atoms with Crippen molar-refractivity contribution in [3.8, 4) is 0 Å². The van der Waals surface area contributed by atoms with Crippen LogP contribution >= 0.6 is 0 Å². The summed E-state index contributed by atoms with van der Waals surface area (Å²) in [5.74, 6) is 0. The number of rotatable bonds is 2. The lowest BCUT2D eigenvalue weighted by Gasteiger charge is -2.12. The summed E-state index contributed by atoms with van der Waals surface area (Å²) in [6.07, 6.45) is 5.91. The van der Waals surface area contributed by atoms with Gasteiger partial charge in [-0.05, 0) is 24.6 Å². The molecular formula is C13H15NO. The first-order valence-corrected chi connectivity index (χ1v) is 4.91. The number of aliphatic hydroxyl groups is 1. The van der Waals surface area contributed by atoms with Gasteiger partial charge in [-0.2, -0.15) is 0 Å². The Bertz CT molecular complexity index is 471. The first kappa shape index (κ1) is 9.78. The summed E-state index contributed by atoms with van der Waals surface area (Å²) in [6.45, 7) is 1.96. The summed E-state index contributed by atoms with van der Waals surface area (Å²) in [5.41, 5.74) is 7.46. The Kier molecular flexibility index (Phi) is 2.72. The molecule has 2 rings (SSSR count). The van der Waals surface area contributed by atoms with Crippen LogP contribution in [0.5, 0.6) is 0 Å². The third kappa shape index (κ3) is 1.86. The second-order valence-electron chi connectivity index (χ2n) is 3.40. The number of anilines is 1. The predicted molar refractivity (Wildman–Crippen MR) is 65.5 cm³/mol. The van der Waals surface area contributed by atoms with Crippen LogP contribution in [0.3, 0.4) is 0 Å². The maximum absolute atomic E-state index is 8.91. The molecule has 78 valence electrons. The zero-order valence-electron chi connectivity index (χ0n) is 8.62. The van der Waals surface area contributed by atoms with Crippen LogP contribution in [0.1, 0.15) is 19.5 Å². The second-order valence-corrected chi connectivity index (χ2v) is 3.40. The third-order valence-corrected chi connectivity index (χ3v) is 2.41. The van der Waals surface area contributed by atoms with Crippen molar-refractivity contribution in [3.05, 3.63) is 47.2 Å². The first-order chi connectivity index (χ1) is 7.33. The second kappa shape index (κ2) is 4.18. The number of hydrogen-bond donors (Lipinski definition) is 2. The molecule has 0 fully saturated rings. The van der Waals surface area contributed by atoms with Gasteiger partial charge in [0.25, 0.3) is 0 Å². The molecule has 1 aliphatic carbocycles. The van der Waals surface area contributed by atoms with Gasteiger partial charge in [-0.3, -0.25) is 0 Å². The van der Waals surface area contributed by atoms with E-state index in [1.807, 2.05) is 37.3 Å². The predicted octanol–water partition coefficient (Wildman–Crippen LogP) is 2.88. The molecule has 0 aliphatic heterocycles. The van der Waals surface area contributed by atoms with Crippen molar-refractivity contribution >= 4 is 17.3 Å². The summed E-state index contributed by atoms with van der Waals surface area (Å²) < 4.78 is 0. The van der Waals surface area contributed by atoms with E-state index in [0.29, 0.717) is 0 Å². The van der Waals surface area contributed by atoms with Crippen LogP contribution in [0.2, 0.25) is 0 Å². The maximum atomic E-state index is 8.91. The van der Waals surface area contributed by atoms with E-state index in [0.717, 1.165) is 22.4 Å². The summed E-state index contributed by atoms with van der Waals surface area (Å²) >= 11 is 0. The van der Waals surface area contributed by atoms with Crippen LogP contribution < -0.4 is 5.32 Å². The topological polar surface area (TPSA) is 32.3 Å². The van der Waals surface area contributed by atoms with Crippen molar-refractivity contribution < 1.29 is 6.53 Å². The third-order valence-electron chi connectivity index (χ3n) is 2.41. The first-order valence-electron chi connectivity index (χ1n) is 4.91. The molecule has 15 heavy (non-hydrogen) atoms. The number of fused-ring (bicyclic) bond motifs is 1. The number of allylic oxidation sites excluding steroid dienone is 2. The van der Waals surface area contributed by atoms with Crippen molar-refractivity contribution in [2.24, 2.45) is 0 Å². The minimum absolute atomic E-state index is 0. The maximum Gasteiger partial charge on any atom is 0.113 e. The van der Waals surface area contributed by atoms with Gasteiger partial charge in [0.1, 0.15) is 6.73 Å². The van der Waals surface area contributed by atoms with Gasteiger partial charge in [-0.1, -0.05) is 24.3 Å². The Hall–Kier alpha value is -1.76. The largest absolute Gasteiger partial charge is 0.377 e. The standard InChI is InChI=1S/C13H13NO.H2/c1-10-5-2-3-6-11-7-4-8-12(13(10)11)14-9-15;/h2-4,6-8,14-15H,9H2,1H3;1H. The summed E-state index contributed by atoms with van der Waals surface area (Å²) in [7, 11) is 0. The molecule has 0 aromatic heterocycles. The molecule has 0 bridgehead atoms. The van der Waals surface area contributed by atoms with E-state index in [-0.39, 0.29) is 8.16 Å². The molecular weight excluding hydrogens is 186 g/mol. The number of aliphatic hydroxyl groups excluding tert-OH is 1. The Morgan fingerprint density at radius 3 is 3.13 bits per heavy atom. The molecule has 0 spiro atoms. The SMILES string of the molecule is CC1=C=CC=Cc2cccc(NCO)c21.[HH]. The molecule has 0 radical (unpaired) electrons. The highest BCUT2D eigenvalue weighted by Gasteiger charge is 2.08. The molecule has 2 heteroatoms. The fraction of sp³-hybridized carbons (Fsp3) is 0.154. The zero-order valence-corrected chi connectivity index (χ0v) is 8.62. The van der Waals surface area contributed by atoms with E-state index < -0.39 is 0 Å². The molecule has 1 aromatic rings. The van der Waals surface area contributed by atoms with Crippen molar-refractivity contribution in [2.75, 3.05) is 12.0 Å². The van der Waals surface area contributed by atoms with Gasteiger partial charge in [0.2, 0.25) is 0 Å². The number of hydrogen-bond acceptors (Lipinski definition) is 2. The quantitative estimate of drug-likeness (QED) is 0.569. The van der Waals surface area contributed by atoms with Crippen LogP contribution in [0.25, 0.3) is 11.6 Å². The molecule has 0 saturated carbocycles. The van der Waals surface area contributed by atoms with Gasteiger partial charge in [0.05, 0.1) is 0 Å². The van der Waals surface area contributed by atoms with Crippen LogP contribution in [-0.2, 0) is 0 Å². The summed E-state index contributed by atoms with van der Waals surface area (Å²) in [4.78, 5) is 0. The van der Waals surface area contributed by atoms with E-state index in [4.69, 9.17) is 5.11 Å². The lowest BCUT2D eigenvalue weighted by atomic mass is 10.00. The minimum atomic E-state index is -0.0584. The van der Waals surface area contributed by atoms with E-state index in [1.54, 1.807) is 0 Å². The number of benzene rings is 1. The summed E-state index contributed by atoms with van der Waals surface area (Å²) in [6, 6.07) is 5.98. The fourth-order valence-electron chi connectivity index (χ4n) is 1.76. The van der Waals surface area contributed by atoms with Crippen molar-refractivity contribution in [1.82, 2.24) is 0 Å². The molecule has 2 N–H and O–H groups in total. The van der Waals surface area contributed by atoms with Crippen LogP contribution in [0.15, 0.2) is 36.1 Å². The molecule has 0 unspecified atom stereocenters. The highest BCUT2D eigenvalue weighted by Crippen LogP contribution is 2.29. The van der Waals surface area contributed by atoms with Crippen LogP contribution in [-0.4, -0.2) is 11.8 Å². The lowest BCUT2D eigenvalue weighted by molar-refractivity contribution is 0.325. The number of nitrogens with one attached hydrogen (secondary N) is 1. The van der Waals surface area contributed by atoms with E-state index in [2.05, 4.69) is 17.1 Å². The zero-order chi connectivity index (χ0) is 10.7. The normalized spacial score (nSPS) is 13.1. The molecule has 1 aromatic carbocycles. The van der Waals surface area contributed by atoms with Gasteiger partial charge in [0.15, 0.2) is 0 Å². The Morgan fingerprint density at radius 1 is 1.47 bits per heavy atom. The molecule has 2 nitrogen and oxygen atoms in total. The van der Waals surface area contributed by atoms with Gasteiger partial charge >= 0.3 is 0 Å². The van der Waals surface area contributed by atoms with Crippen LogP contribution in [0, 0.1) is 0 Å². The molecule has 1 aliphatic rings. The highest BCUT2D eigenvalue weighted by molar-refractivity contribution is 5.83. The monoisotopic (exact) mass is 201 g/mol. The van der Waals surface area contributed by atoms with E-state index in [1.165, 1.54) is 0 Å². The van der Waals surface area contributed by atoms with Crippen molar-refractivity contribution in [3.63, 3.8) is 0 Å². The Labute approximate surface area is 90.7 Å². The molecule has 0 atom stereocenters. The smallest absolute Gasteiger partial charge is 0.113 e. The van der Waals surface area contributed by atoms with Crippen LogP contribution in [0.4, 0.5) is 5.69 Å². The lowest BCUT2D eigenvalue weighted by Crippen LogP contribution is -2.03. The highest BCUT2D eigenvalue weighted by atomic mass is 16.3. The molecule has 0 heterocycles. The van der Waals surface area contributed by atoms with E-state index in [9.17, 15) is 0 Å². The molecule has 0 amide bonds. The average Bonchev–Trinajstić information content (AvgIpc) is 2.42. The van der Waals surface area contributed by atoms with Gasteiger partial charge < -0.3 is 10.4 Å². The summed E-state index contributed by atoms with van der Waals surface area (Å²) in [5, 5.41) is 11.9. The Morgan fingerprint density at radius 2 is 2.33 bits per heavy atom.